The monoisotopic (exact) mass is 253 g/mol. The van der Waals surface area contributed by atoms with Crippen molar-refractivity contribution in [1.82, 2.24) is 9.88 Å². The van der Waals surface area contributed by atoms with Crippen molar-refractivity contribution in [2.24, 2.45) is 11.8 Å². The molecule has 4 nitrogen and oxygen atoms in total. The molecule has 0 spiro atoms. The number of nitrogens with zero attached hydrogens (tertiary/aromatic N) is 2. The van der Waals surface area contributed by atoms with Gasteiger partial charge in [-0.15, -0.1) is 11.3 Å². The van der Waals surface area contributed by atoms with Crippen molar-refractivity contribution in [1.29, 1.82) is 0 Å². The van der Waals surface area contributed by atoms with Crippen LogP contribution in [-0.2, 0) is 4.79 Å². The first kappa shape index (κ1) is 12.5. The average molecular weight is 253 g/mol. The number of amides is 1. The predicted molar refractivity (Wildman–Crippen MR) is 70.1 cm³/mol. The van der Waals surface area contributed by atoms with Crippen molar-refractivity contribution in [3.63, 3.8) is 0 Å². The number of hydrogen-bond acceptors (Lipinski definition) is 4. The van der Waals surface area contributed by atoms with Crippen LogP contribution in [0.3, 0.4) is 0 Å². The lowest BCUT2D eigenvalue weighted by Crippen LogP contribution is -2.42. The summed E-state index contributed by atoms with van der Waals surface area (Å²) in [7, 11) is 0. The van der Waals surface area contributed by atoms with Gasteiger partial charge in [-0.2, -0.15) is 0 Å². The van der Waals surface area contributed by atoms with Gasteiger partial charge in [-0.3, -0.25) is 9.69 Å². The van der Waals surface area contributed by atoms with Crippen LogP contribution in [0.4, 0.5) is 5.13 Å². The van der Waals surface area contributed by atoms with Gasteiger partial charge in [-0.1, -0.05) is 13.8 Å². The van der Waals surface area contributed by atoms with E-state index in [2.05, 4.69) is 29.0 Å². The zero-order chi connectivity index (χ0) is 12.3. The Labute approximate surface area is 106 Å². The highest BCUT2D eigenvalue weighted by Crippen LogP contribution is 2.20. The van der Waals surface area contributed by atoms with Crippen molar-refractivity contribution in [2.75, 3.05) is 25.0 Å². The molecule has 1 aliphatic heterocycles. The van der Waals surface area contributed by atoms with Gasteiger partial charge in [0.2, 0.25) is 5.91 Å². The summed E-state index contributed by atoms with van der Waals surface area (Å²) in [6, 6.07) is 0. The number of nitrogens with one attached hydrogen (secondary N) is 1. The Morgan fingerprint density at radius 1 is 1.53 bits per heavy atom. The summed E-state index contributed by atoms with van der Waals surface area (Å²) in [6.07, 6.45) is 2.97. The Hall–Kier alpha value is -0.940. The molecule has 0 aliphatic carbocycles. The summed E-state index contributed by atoms with van der Waals surface area (Å²) >= 11 is 1.45. The molecule has 1 aliphatic rings. The minimum Gasteiger partial charge on any atom is -0.301 e. The maximum Gasteiger partial charge on any atom is 0.240 e. The summed E-state index contributed by atoms with van der Waals surface area (Å²) in [5, 5.41) is 5.38. The molecule has 0 bridgehead atoms. The Balaban J connectivity index is 1.82. The van der Waals surface area contributed by atoms with Gasteiger partial charge < -0.3 is 5.32 Å². The van der Waals surface area contributed by atoms with Gasteiger partial charge in [-0.25, -0.2) is 4.98 Å². The highest BCUT2D eigenvalue weighted by Gasteiger charge is 2.23. The van der Waals surface area contributed by atoms with Crippen LogP contribution in [0.25, 0.3) is 0 Å². The summed E-state index contributed by atoms with van der Waals surface area (Å²) in [6.45, 7) is 7.03. The molecule has 1 saturated heterocycles. The fraction of sp³-hybridized carbons (Fsp3) is 0.667. The number of carbonyl (C=O) groups excluding carboxylic acids is 1. The molecule has 94 valence electrons. The zero-order valence-electron chi connectivity index (χ0n) is 10.3. The first-order valence-corrected chi connectivity index (χ1v) is 6.93. The molecule has 17 heavy (non-hydrogen) atoms. The van der Waals surface area contributed by atoms with Crippen LogP contribution in [0, 0.1) is 11.8 Å². The van der Waals surface area contributed by atoms with Crippen molar-refractivity contribution in [3.8, 4) is 0 Å². The molecule has 1 aromatic heterocycles. The van der Waals surface area contributed by atoms with Crippen molar-refractivity contribution < 1.29 is 4.79 Å². The highest BCUT2D eigenvalue weighted by molar-refractivity contribution is 7.13. The lowest BCUT2D eigenvalue weighted by molar-refractivity contribution is -0.117. The lowest BCUT2D eigenvalue weighted by atomic mass is 9.92. The molecule has 1 fully saturated rings. The van der Waals surface area contributed by atoms with E-state index in [4.69, 9.17) is 0 Å². The summed E-state index contributed by atoms with van der Waals surface area (Å²) in [5.41, 5.74) is 0. The number of anilines is 1. The normalized spacial score (nSPS) is 25.8. The molecule has 0 saturated carbocycles. The second kappa shape index (κ2) is 5.60. The van der Waals surface area contributed by atoms with Crippen molar-refractivity contribution in [3.05, 3.63) is 11.6 Å². The van der Waals surface area contributed by atoms with Gasteiger partial charge in [0.1, 0.15) is 0 Å². The van der Waals surface area contributed by atoms with Crippen LogP contribution >= 0.6 is 11.3 Å². The maximum absolute atomic E-state index is 11.8. The van der Waals surface area contributed by atoms with E-state index in [-0.39, 0.29) is 5.91 Å². The Bertz CT molecular complexity index is 356. The van der Waals surface area contributed by atoms with Crippen LogP contribution < -0.4 is 5.32 Å². The molecule has 2 heterocycles. The molecule has 1 aromatic rings. The first-order chi connectivity index (χ1) is 8.13. The maximum atomic E-state index is 11.8. The van der Waals surface area contributed by atoms with E-state index in [0.717, 1.165) is 13.1 Å². The number of piperidine rings is 1. The van der Waals surface area contributed by atoms with Gasteiger partial charge >= 0.3 is 0 Å². The third kappa shape index (κ3) is 3.78. The molecule has 0 radical (unpaired) electrons. The second-order valence-electron chi connectivity index (χ2n) is 5.03. The van der Waals surface area contributed by atoms with E-state index in [1.165, 1.54) is 17.8 Å². The van der Waals surface area contributed by atoms with Crippen LogP contribution in [0.15, 0.2) is 11.6 Å². The largest absolute Gasteiger partial charge is 0.301 e. The van der Waals surface area contributed by atoms with Gasteiger partial charge in [-0.05, 0) is 18.3 Å². The quantitative estimate of drug-likeness (QED) is 0.897. The number of likely N-dealkylation sites (tertiary alicyclic amines) is 1. The second-order valence-corrected chi connectivity index (χ2v) is 5.92. The van der Waals surface area contributed by atoms with Crippen LogP contribution in [0.1, 0.15) is 20.3 Å². The van der Waals surface area contributed by atoms with Crippen LogP contribution in [0.5, 0.6) is 0 Å². The van der Waals surface area contributed by atoms with E-state index in [0.29, 0.717) is 23.5 Å². The SMILES string of the molecule is CC1CC(C)CN(CC(=O)Nc2nccs2)C1. The zero-order valence-corrected chi connectivity index (χ0v) is 11.2. The number of carbonyl (C=O) groups is 1. The third-order valence-corrected chi connectivity index (χ3v) is 3.68. The number of rotatable bonds is 3. The summed E-state index contributed by atoms with van der Waals surface area (Å²) in [5.74, 6) is 1.42. The molecule has 1 amide bonds. The van der Waals surface area contributed by atoms with E-state index in [1.807, 2.05) is 5.38 Å². The molecule has 2 rings (SSSR count). The van der Waals surface area contributed by atoms with E-state index in [1.54, 1.807) is 6.20 Å². The molecule has 5 heteroatoms. The van der Waals surface area contributed by atoms with Gasteiger partial charge in [0.15, 0.2) is 5.13 Å². The summed E-state index contributed by atoms with van der Waals surface area (Å²) < 4.78 is 0. The summed E-state index contributed by atoms with van der Waals surface area (Å²) in [4.78, 5) is 18.1. The standard InChI is InChI=1S/C12H19N3OS/c1-9-5-10(2)7-15(6-9)8-11(16)14-12-13-3-4-17-12/h3-4,9-10H,5-8H2,1-2H3,(H,13,14,16). The highest BCUT2D eigenvalue weighted by atomic mass is 32.1. The molecular formula is C12H19N3OS. The van der Waals surface area contributed by atoms with Gasteiger partial charge in [0, 0.05) is 24.7 Å². The minimum atomic E-state index is 0.0428. The fourth-order valence-electron chi connectivity index (χ4n) is 2.57. The molecule has 1 N–H and O–H groups in total. The Morgan fingerprint density at radius 3 is 2.82 bits per heavy atom. The number of hydrogen-bond donors (Lipinski definition) is 1. The smallest absolute Gasteiger partial charge is 0.240 e. The van der Waals surface area contributed by atoms with Crippen molar-refractivity contribution >= 4 is 22.4 Å². The van der Waals surface area contributed by atoms with Gasteiger partial charge in [0.25, 0.3) is 0 Å². The van der Waals surface area contributed by atoms with Crippen LogP contribution in [-0.4, -0.2) is 35.4 Å². The third-order valence-electron chi connectivity index (χ3n) is 2.99. The van der Waals surface area contributed by atoms with E-state index >= 15 is 0 Å². The lowest BCUT2D eigenvalue weighted by Gasteiger charge is -2.34. The van der Waals surface area contributed by atoms with Crippen LogP contribution in [0.2, 0.25) is 0 Å². The van der Waals surface area contributed by atoms with Gasteiger partial charge in [0.05, 0.1) is 6.54 Å². The van der Waals surface area contributed by atoms with E-state index in [9.17, 15) is 4.79 Å². The molecular weight excluding hydrogens is 234 g/mol. The molecule has 2 unspecified atom stereocenters. The number of thiazole rings is 1. The average Bonchev–Trinajstić information content (AvgIpc) is 2.67. The topological polar surface area (TPSA) is 45.2 Å². The Morgan fingerprint density at radius 2 is 2.24 bits per heavy atom. The van der Waals surface area contributed by atoms with E-state index < -0.39 is 0 Å². The first-order valence-electron chi connectivity index (χ1n) is 6.05. The molecule has 2 atom stereocenters. The fourth-order valence-corrected chi connectivity index (χ4v) is 3.11. The predicted octanol–water partition coefficient (Wildman–Crippen LogP) is 2.06. The minimum absolute atomic E-state index is 0.0428. The molecule has 0 aromatic carbocycles. The van der Waals surface area contributed by atoms with Crippen molar-refractivity contribution in [2.45, 2.75) is 20.3 Å². The number of aromatic nitrogens is 1. The Kier molecular flexibility index (Phi) is 4.12.